The molecule has 1 aliphatic rings. The highest BCUT2D eigenvalue weighted by Gasteiger charge is 2.36. The maximum Gasteiger partial charge on any atom is 0.416 e. The molecule has 0 saturated heterocycles. The van der Waals surface area contributed by atoms with Gasteiger partial charge in [-0.1, -0.05) is 11.6 Å². The molecule has 4 rings (SSSR count). The van der Waals surface area contributed by atoms with E-state index < -0.39 is 62.7 Å². The van der Waals surface area contributed by atoms with Crippen LogP contribution in [-0.4, -0.2) is 26.5 Å². The Bertz CT molecular complexity index is 1560. The van der Waals surface area contributed by atoms with E-state index in [0.717, 1.165) is 30.5 Å². The van der Waals surface area contributed by atoms with Crippen LogP contribution in [0, 0.1) is 11.6 Å². The summed E-state index contributed by atoms with van der Waals surface area (Å²) in [4.78, 5) is 25.6. The average molecular weight is 561 g/mol. The summed E-state index contributed by atoms with van der Waals surface area (Å²) in [6.45, 7) is 0. The highest BCUT2D eigenvalue weighted by molar-refractivity contribution is 7.86. The van der Waals surface area contributed by atoms with Crippen molar-refractivity contribution < 1.29 is 44.1 Å². The van der Waals surface area contributed by atoms with E-state index >= 15 is 0 Å². The molecular weight excluding hydrogens is 547 g/mol. The van der Waals surface area contributed by atoms with Gasteiger partial charge >= 0.3 is 16.3 Å². The molecule has 194 valence electrons. The van der Waals surface area contributed by atoms with Crippen molar-refractivity contribution in [3.8, 4) is 5.75 Å². The van der Waals surface area contributed by atoms with Gasteiger partial charge in [0.2, 0.25) is 0 Å². The maximum atomic E-state index is 14.0. The summed E-state index contributed by atoms with van der Waals surface area (Å²) in [5, 5.41) is 4.83. The van der Waals surface area contributed by atoms with Crippen molar-refractivity contribution in [2.24, 2.45) is 0 Å². The van der Waals surface area contributed by atoms with Crippen molar-refractivity contribution in [2.45, 2.75) is 12.2 Å². The number of hydrogen-bond donors (Lipinski definition) is 2. The van der Waals surface area contributed by atoms with Crippen LogP contribution in [0.4, 0.5) is 27.6 Å². The van der Waals surface area contributed by atoms with Crippen LogP contribution >= 0.6 is 11.6 Å². The average Bonchev–Trinajstić information content (AvgIpc) is 3.09. The van der Waals surface area contributed by atoms with Crippen LogP contribution in [0.5, 0.6) is 5.75 Å². The van der Waals surface area contributed by atoms with E-state index in [1.54, 1.807) is 0 Å². The van der Waals surface area contributed by atoms with Gasteiger partial charge in [-0.25, -0.2) is 8.78 Å². The molecule has 14 heteroatoms. The summed E-state index contributed by atoms with van der Waals surface area (Å²) in [5.74, 6) is -4.43. The number of nitrogens with one attached hydrogen (secondary N) is 2. The van der Waals surface area contributed by atoms with Gasteiger partial charge in [0, 0.05) is 27.8 Å². The van der Waals surface area contributed by atoms with Gasteiger partial charge in [-0.15, -0.1) is 0 Å². The number of amides is 2. The van der Waals surface area contributed by atoms with Crippen molar-refractivity contribution >= 4 is 39.2 Å². The molecular formula is C23H14ClF5N2O5S. The molecule has 3 aromatic rings. The standard InChI is InChI=1S/C23H14ClF5N2O5S/c1-37(34,35)36-14-8-16-19(20(31-22(16)33)15-7-12(25)2-3-17(15)24)18(9-14)30-21(32)10-4-11(23(27,28)29)6-13(26)5-10/h2-9,20H,1H3,(H,30,32)(H,31,33). The molecule has 37 heavy (non-hydrogen) atoms. The van der Waals surface area contributed by atoms with Crippen LogP contribution in [0.25, 0.3) is 0 Å². The number of hydrogen-bond acceptors (Lipinski definition) is 5. The van der Waals surface area contributed by atoms with E-state index in [1.165, 1.54) is 6.07 Å². The number of alkyl halides is 3. The zero-order valence-corrected chi connectivity index (χ0v) is 20.0. The van der Waals surface area contributed by atoms with E-state index in [0.29, 0.717) is 12.1 Å². The second kappa shape index (κ2) is 9.30. The van der Waals surface area contributed by atoms with E-state index in [2.05, 4.69) is 10.6 Å². The van der Waals surface area contributed by atoms with Gasteiger partial charge in [0.25, 0.3) is 11.8 Å². The zero-order chi connectivity index (χ0) is 27.3. The third-order valence-electron chi connectivity index (χ3n) is 5.21. The number of halogens is 6. The van der Waals surface area contributed by atoms with Gasteiger partial charge in [0.1, 0.15) is 17.4 Å². The van der Waals surface area contributed by atoms with E-state index in [9.17, 15) is 40.0 Å². The molecule has 2 N–H and O–H groups in total. The fraction of sp³-hybridized carbons (Fsp3) is 0.130. The molecule has 1 atom stereocenters. The number of anilines is 1. The third kappa shape index (κ3) is 5.67. The summed E-state index contributed by atoms with van der Waals surface area (Å²) < 4.78 is 95.3. The van der Waals surface area contributed by atoms with Crippen molar-refractivity contribution in [2.75, 3.05) is 11.6 Å². The first-order chi connectivity index (χ1) is 17.1. The molecule has 1 aliphatic heterocycles. The maximum absolute atomic E-state index is 14.0. The predicted molar refractivity (Wildman–Crippen MR) is 122 cm³/mol. The van der Waals surface area contributed by atoms with Gasteiger partial charge in [-0.2, -0.15) is 21.6 Å². The topological polar surface area (TPSA) is 102 Å². The SMILES string of the molecule is CS(=O)(=O)Oc1cc(NC(=O)c2cc(F)cc(C(F)(F)F)c2)c2c(c1)C(=O)NC2c1cc(F)ccc1Cl. The normalized spacial score (nSPS) is 15.2. The quantitative estimate of drug-likeness (QED) is 0.335. The minimum Gasteiger partial charge on any atom is -0.383 e. The molecule has 1 unspecified atom stereocenters. The van der Waals surface area contributed by atoms with Crippen molar-refractivity contribution in [1.82, 2.24) is 5.32 Å². The second-order valence-electron chi connectivity index (χ2n) is 7.97. The number of rotatable bonds is 5. The third-order valence-corrected chi connectivity index (χ3v) is 6.05. The van der Waals surface area contributed by atoms with Gasteiger partial charge in [-0.05, 0) is 42.5 Å². The predicted octanol–water partition coefficient (Wildman–Crippen LogP) is 5.06. The number of carbonyl (C=O) groups is 2. The summed E-state index contributed by atoms with van der Waals surface area (Å²) in [5.41, 5.74) is -2.52. The van der Waals surface area contributed by atoms with Crippen molar-refractivity contribution in [1.29, 1.82) is 0 Å². The lowest BCUT2D eigenvalue weighted by atomic mass is 9.95. The van der Waals surface area contributed by atoms with E-state index in [4.69, 9.17) is 15.8 Å². The fourth-order valence-corrected chi connectivity index (χ4v) is 4.45. The summed E-state index contributed by atoms with van der Waals surface area (Å²) >= 11 is 6.18. The Morgan fingerprint density at radius 1 is 1.05 bits per heavy atom. The summed E-state index contributed by atoms with van der Waals surface area (Å²) in [6.07, 6.45) is -4.23. The van der Waals surface area contributed by atoms with Crippen molar-refractivity contribution in [3.05, 3.63) is 93.0 Å². The molecule has 1 heterocycles. The lowest BCUT2D eigenvalue weighted by Gasteiger charge is -2.19. The molecule has 0 saturated carbocycles. The monoisotopic (exact) mass is 560 g/mol. The minimum atomic E-state index is -4.95. The van der Waals surface area contributed by atoms with Gasteiger partial charge in [0.15, 0.2) is 0 Å². The highest BCUT2D eigenvalue weighted by Crippen LogP contribution is 2.42. The van der Waals surface area contributed by atoms with Crippen LogP contribution in [0.3, 0.4) is 0 Å². The molecule has 0 bridgehead atoms. The Morgan fingerprint density at radius 3 is 2.41 bits per heavy atom. The van der Waals surface area contributed by atoms with Crippen molar-refractivity contribution in [3.63, 3.8) is 0 Å². The molecule has 0 radical (unpaired) electrons. The van der Waals surface area contributed by atoms with E-state index in [-0.39, 0.29) is 33.5 Å². The molecule has 0 spiro atoms. The highest BCUT2D eigenvalue weighted by atomic mass is 35.5. The number of carbonyl (C=O) groups excluding carboxylic acids is 2. The number of fused-ring (bicyclic) bond motifs is 1. The molecule has 2 amide bonds. The van der Waals surface area contributed by atoms with Gasteiger partial charge in [-0.3, -0.25) is 9.59 Å². The smallest absolute Gasteiger partial charge is 0.383 e. The molecule has 0 fully saturated rings. The molecule has 0 aromatic heterocycles. The molecule has 7 nitrogen and oxygen atoms in total. The lowest BCUT2D eigenvalue weighted by molar-refractivity contribution is -0.137. The fourth-order valence-electron chi connectivity index (χ4n) is 3.78. The Balaban J connectivity index is 1.86. The van der Waals surface area contributed by atoms with E-state index in [1.807, 2.05) is 0 Å². The summed E-state index contributed by atoms with van der Waals surface area (Å²) in [6, 6.07) is 5.41. The molecule has 3 aromatic carbocycles. The van der Waals surface area contributed by atoms with Crippen LogP contribution in [0.2, 0.25) is 5.02 Å². The first-order valence-corrected chi connectivity index (χ1v) is 12.3. The van der Waals surface area contributed by atoms with Crippen LogP contribution in [0.15, 0.2) is 48.5 Å². The summed E-state index contributed by atoms with van der Waals surface area (Å²) in [7, 11) is -4.10. The van der Waals surface area contributed by atoms with Crippen LogP contribution in [0.1, 0.15) is 43.4 Å². The van der Waals surface area contributed by atoms with Crippen LogP contribution < -0.4 is 14.8 Å². The van der Waals surface area contributed by atoms with Crippen LogP contribution in [-0.2, 0) is 16.3 Å². The number of benzene rings is 3. The lowest BCUT2D eigenvalue weighted by Crippen LogP contribution is -2.21. The largest absolute Gasteiger partial charge is 0.416 e. The Labute approximate surface area is 211 Å². The first kappa shape index (κ1) is 26.4. The Kier molecular flexibility index (Phi) is 6.63. The molecule has 0 aliphatic carbocycles. The minimum absolute atomic E-state index is 0.000788. The Hall–Kier alpha value is -3.71. The van der Waals surface area contributed by atoms with Gasteiger partial charge < -0.3 is 14.8 Å². The van der Waals surface area contributed by atoms with Gasteiger partial charge in [0.05, 0.1) is 29.1 Å². The Morgan fingerprint density at radius 2 is 1.76 bits per heavy atom. The second-order valence-corrected chi connectivity index (χ2v) is 9.95. The first-order valence-electron chi connectivity index (χ1n) is 10.1. The zero-order valence-electron chi connectivity index (χ0n) is 18.4.